The molecule has 4 heteroatoms. The number of ether oxygens (including phenoxy) is 1. The zero-order valence-electron chi connectivity index (χ0n) is 17.0. The second-order valence-electron chi connectivity index (χ2n) is 8.10. The Labute approximate surface area is 158 Å². The van der Waals surface area contributed by atoms with Gasteiger partial charge in [0.2, 0.25) is 5.91 Å². The highest BCUT2D eigenvalue weighted by molar-refractivity contribution is 5.76. The van der Waals surface area contributed by atoms with Crippen LogP contribution in [0.2, 0.25) is 0 Å². The summed E-state index contributed by atoms with van der Waals surface area (Å²) in [6.45, 7) is 8.76. The molecule has 0 aliphatic carbocycles. The largest absolute Gasteiger partial charge is 0.496 e. The average Bonchev–Trinajstić information content (AvgIpc) is 2.88. The number of piperidine rings is 1. The van der Waals surface area contributed by atoms with Gasteiger partial charge in [0.05, 0.1) is 7.11 Å². The summed E-state index contributed by atoms with van der Waals surface area (Å²) >= 11 is 0. The van der Waals surface area contributed by atoms with Gasteiger partial charge in [-0.25, -0.2) is 0 Å². The minimum absolute atomic E-state index is 0.222. The molecule has 3 unspecified atom stereocenters. The topological polar surface area (TPSA) is 41.6 Å². The predicted octanol–water partition coefficient (Wildman–Crippen LogP) is 4.28. The van der Waals surface area contributed by atoms with Crippen molar-refractivity contribution in [3.63, 3.8) is 0 Å². The number of benzene rings is 1. The summed E-state index contributed by atoms with van der Waals surface area (Å²) in [7, 11) is 1.74. The highest BCUT2D eigenvalue weighted by Crippen LogP contribution is 2.42. The molecule has 1 N–H and O–H groups in total. The van der Waals surface area contributed by atoms with E-state index in [1.807, 2.05) is 0 Å². The van der Waals surface area contributed by atoms with Gasteiger partial charge in [-0.1, -0.05) is 13.0 Å². The summed E-state index contributed by atoms with van der Waals surface area (Å²) in [5.74, 6) is 1.19. The van der Waals surface area contributed by atoms with Crippen LogP contribution in [-0.2, 0) is 4.79 Å². The summed E-state index contributed by atoms with van der Waals surface area (Å²) in [5, 5.41) is 3.27. The van der Waals surface area contributed by atoms with E-state index in [-0.39, 0.29) is 5.91 Å². The number of hydrogen-bond acceptors (Lipinski definition) is 3. The highest BCUT2D eigenvalue weighted by atomic mass is 16.5. The number of methoxy groups -OCH3 is 1. The van der Waals surface area contributed by atoms with Gasteiger partial charge in [0.1, 0.15) is 5.75 Å². The van der Waals surface area contributed by atoms with Gasteiger partial charge in [-0.15, -0.1) is 0 Å². The monoisotopic (exact) mass is 358 g/mol. The van der Waals surface area contributed by atoms with Crippen molar-refractivity contribution in [2.45, 2.75) is 90.4 Å². The van der Waals surface area contributed by atoms with Gasteiger partial charge >= 0.3 is 0 Å². The molecule has 2 fully saturated rings. The molecule has 2 saturated heterocycles. The number of rotatable bonds is 6. The molecular formula is C22H34N2O2. The molecule has 3 atom stereocenters. The molecule has 1 amide bonds. The fourth-order valence-electron chi connectivity index (χ4n) is 5.14. The third-order valence-corrected chi connectivity index (χ3v) is 6.53. The average molecular weight is 359 g/mol. The molecule has 26 heavy (non-hydrogen) atoms. The smallest absolute Gasteiger partial charge is 0.220 e. The van der Waals surface area contributed by atoms with Crippen molar-refractivity contribution < 1.29 is 9.53 Å². The Kier molecular flexibility index (Phi) is 5.91. The second-order valence-corrected chi connectivity index (χ2v) is 8.10. The molecule has 1 aromatic carbocycles. The molecule has 0 saturated carbocycles. The van der Waals surface area contributed by atoms with E-state index in [1.165, 1.54) is 29.5 Å². The lowest BCUT2D eigenvalue weighted by atomic mass is 9.91. The quantitative estimate of drug-likeness (QED) is 0.825. The Morgan fingerprint density at radius 2 is 1.88 bits per heavy atom. The number of carbonyl (C=O) groups excluding carboxylic acids is 1. The number of fused-ring (bicyclic) bond motifs is 2. The van der Waals surface area contributed by atoms with Crippen LogP contribution >= 0.6 is 0 Å². The Morgan fingerprint density at radius 3 is 2.46 bits per heavy atom. The Bertz CT molecular complexity index is 644. The van der Waals surface area contributed by atoms with Crippen molar-refractivity contribution in [1.82, 2.24) is 10.2 Å². The lowest BCUT2D eigenvalue weighted by molar-refractivity contribution is -0.122. The summed E-state index contributed by atoms with van der Waals surface area (Å²) in [5.41, 5.74) is 3.99. The maximum atomic E-state index is 12.0. The Balaban J connectivity index is 1.73. The van der Waals surface area contributed by atoms with Crippen LogP contribution in [0.15, 0.2) is 12.1 Å². The molecule has 2 bridgehead atoms. The fraction of sp³-hybridized carbons (Fsp3) is 0.682. The van der Waals surface area contributed by atoms with Crippen molar-refractivity contribution in [2.75, 3.05) is 7.11 Å². The van der Waals surface area contributed by atoms with E-state index in [1.54, 1.807) is 7.11 Å². The lowest BCUT2D eigenvalue weighted by Crippen LogP contribution is -2.51. The fourth-order valence-corrected chi connectivity index (χ4v) is 5.14. The molecular weight excluding hydrogens is 324 g/mol. The van der Waals surface area contributed by atoms with E-state index < -0.39 is 0 Å². The molecule has 3 rings (SSSR count). The molecule has 2 aliphatic rings. The van der Waals surface area contributed by atoms with Crippen LogP contribution in [0, 0.1) is 13.8 Å². The van der Waals surface area contributed by atoms with Crippen molar-refractivity contribution >= 4 is 5.91 Å². The van der Waals surface area contributed by atoms with Crippen LogP contribution in [0.5, 0.6) is 5.75 Å². The predicted molar refractivity (Wildman–Crippen MR) is 106 cm³/mol. The van der Waals surface area contributed by atoms with Gasteiger partial charge in [0, 0.05) is 30.6 Å². The Hall–Kier alpha value is -1.55. The SMILES string of the molecule is CCCC(=O)NC1CC2CCC(C1)N2C(C)c1ccc(OC)c(C)c1C. The zero-order valence-corrected chi connectivity index (χ0v) is 17.0. The van der Waals surface area contributed by atoms with Crippen LogP contribution < -0.4 is 10.1 Å². The minimum Gasteiger partial charge on any atom is -0.496 e. The van der Waals surface area contributed by atoms with E-state index in [4.69, 9.17) is 4.74 Å². The van der Waals surface area contributed by atoms with E-state index >= 15 is 0 Å². The maximum absolute atomic E-state index is 12.0. The van der Waals surface area contributed by atoms with Crippen molar-refractivity contribution in [3.8, 4) is 5.75 Å². The lowest BCUT2D eigenvalue weighted by Gasteiger charge is -2.43. The second kappa shape index (κ2) is 7.99. The number of nitrogens with zero attached hydrogens (tertiary/aromatic N) is 1. The van der Waals surface area contributed by atoms with Gasteiger partial charge in [0.15, 0.2) is 0 Å². The van der Waals surface area contributed by atoms with Crippen molar-refractivity contribution in [1.29, 1.82) is 0 Å². The molecule has 1 aromatic rings. The van der Waals surface area contributed by atoms with E-state index in [0.717, 1.165) is 25.0 Å². The third kappa shape index (κ3) is 3.62. The molecule has 144 valence electrons. The number of amides is 1. The van der Waals surface area contributed by atoms with Crippen LogP contribution in [0.3, 0.4) is 0 Å². The number of carbonyl (C=O) groups is 1. The van der Waals surface area contributed by atoms with Gasteiger partial charge in [-0.2, -0.15) is 0 Å². The van der Waals surface area contributed by atoms with Crippen LogP contribution in [0.4, 0.5) is 0 Å². The molecule has 0 spiro atoms. The summed E-state index contributed by atoms with van der Waals surface area (Å²) in [6, 6.07) is 6.27. The van der Waals surface area contributed by atoms with Crippen LogP contribution in [0.25, 0.3) is 0 Å². The van der Waals surface area contributed by atoms with Crippen LogP contribution in [-0.4, -0.2) is 36.0 Å². The van der Waals surface area contributed by atoms with Crippen molar-refractivity contribution in [3.05, 3.63) is 28.8 Å². The zero-order chi connectivity index (χ0) is 18.8. The molecule has 0 radical (unpaired) electrons. The maximum Gasteiger partial charge on any atom is 0.220 e. The molecule has 4 nitrogen and oxygen atoms in total. The first-order valence-electron chi connectivity index (χ1n) is 10.2. The molecule has 2 heterocycles. The van der Waals surface area contributed by atoms with Gasteiger partial charge in [-0.3, -0.25) is 9.69 Å². The van der Waals surface area contributed by atoms with E-state index in [9.17, 15) is 4.79 Å². The van der Waals surface area contributed by atoms with Gasteiger partial charge in [0.25, 0.3) is 0 Å². The summed E-state index contributed by atoms with van der Waals surface area (Å²) in [6.07, 6.45) is 6.25. The highest BCUT2D eigenvalue weighted by Gasteiger charge is 2.43. The first-order valence-corrected chi connectivity index (χ1v) is 10.2. The summed E-state index contributed by atoms with van der Waals surface area (Å²) in [4.78, 5) is 14.7. The first-order chi connectivity index (χ1) is 12.5. The minimum atomic E-state index is 0.222. The standard InChI is InChI=1S/C22H34N2O2/c1-6-7-22(25)23-17-12-18-8-9-19(13-17)24(18)16(4)20-10-11-21(26-5)15(3)14(20)2/h10-11,16-19H,6-9,12-13H2,1-5H3,(H,23,25). The number of hydrogen-bond donors (Lipinski definition) is 1. The molecule has 2 aliphatic heterocycles. The van der Waals surface area contributed by atoms with E-state index in [0.29, 0.717) is 30.6 Å². The van der Waals surface area contributed by atoms with E-state index in [2.05, 4.69) is 50.0 Å². The molecule has 0 aromatic heterocycles. The normalized spacial score (nSPS) is 26.6. The summed E-state index contributed by atoms with van der Waals surface area (Å²) < 4.78 is 5.48. The Morgan fingerprint density at radius 1 is 1.23 bits per heavy atom. The third-order valence-electron chi connectivity index (χ3n) is 6.53. The first kappa shape index (κ1) is 19.2. The van der Waals surface area contributed by atoms with Crippen molar-refractivity contribution in [2.24, 2.45) is 0 Å². The van der Waals surface area contributed by atoms with Gasteiger partial charge in [-0.05, 0) is 75.6 Å². The number of nitrogens with one attached hydrogen (secondary N) is 1. The van der Waals surface area contributed by atoms with Crippen LogP contribution in [0.1, 0.15) is 75.1 Å². The van der Waals surface area contributed by atoms with Gasteiger partial charge < -0.3 is 10.1 Å².